The van der Waals surface area contributed by atoms with Gasteiger partial charge < -0.3 is 4.74 Å². The van der Waals surface area contributed by atoms with Gasteiger partial charge in [0.25, 0.3) is 0 Å². The molecular formula is C24H25FN2O2. The number of fused-ring (bicyclic) bond motifs is 2. The van der Waals surface area contributed by atoms with Crippen LogP contribution in [-0.4, -0.2) is 35.2 Å². The van der Waals surface area contributed by atoms with Gasteiger partial charge in [0.2, 0.25) is 0 Å². The number of nitrogens with zero attached hydrogens (tertiary/aromatic N) is 2. The number of rotatable bonds is 3. The van der Waals surface area contributed by atoms with Crippen molar-refractivity contribution in [1.82, 2.24) is 9.88 Å². The second-order valence-electron chi connectivity index (χ2n) is 8.44. The number of hydrogen-bond acceptors (Lipinski definition) is 4. The lowest BCUT2D eigenvalue weighted by atomic mass is 9.69. The molecule has 29 heavy (non-hydrogen) atoms. The Morgan fingerprint density at radius 1 is 1.14 bits per heavy atom. The third-order valence-electron chi connectivity index (χ3n) is 6.64. The summed E-state index contributed by atoms with van der Waals surface area (Å²) in [7, 11) is 0. The molecule has 0 N–H and O–H groups in total. The van der Waals surface area contributed by atoms with Crippen LogP contribution in [0.1, 0.15) is 31.4 Å². The molecule has 0 bridgehead atoms. The van der Waals surface area contributed by atoms with E-state index in [2.05, 4.69) is 16.0 Å². The Morgan fingerprint density at radius 2 is 2.03 bits per heavy atom. The highest BCUT2D eigenvalue weighted by Crippen LogP contribution is 2.44. The zero-order valence-electron chi connectivity index (χ0n) is 16.3. The second kappa shape index (κ2) is 7.71. The van der Waals surface area contributed by atoms with Crippen LogP contribution >= 0.6 is 0 Å². The number of halogens is 1. The van der Waals surface area contributed by atoms with E-state index < -0.39 is 0 Å². The van der Waals surface area contributed by atoms with E-state index in [1.165, 1.54) is 37.8 Å². The molecular weight excluding hydrogens is 367 g/mol. The number of benzene rings is 1. The molecule has 4 nitrogen and oxygen atoms in total. The second-order valence-corrected chi connectivity index (χ2v) is 8.44. The summed E-state index contributed by atoms with van der Waals surface area (Å²) in [5.41, 5.74) is 2.57. The molecule has 0 radical (unpaired) electrons. The first-order chi connectivity index (χ1) is 14.2. The highest BCUT2D eigenvalue weighted by Gasteiger charge is 2.48. The van der Waals surface area contributed by atoms with Gasteiger partial charge in [-0.15, -0.1) is 0 Å². The fraction of sp³-hybridized carbons (Fsp3) is 0.417. The molecule has 1 saturated carbocycles. The molecule has 5 heteroatoms. The standard InChI is InChI=1S/C24H25FN2O2/c25-19-6-3-5-16(12-19)17-8-9-20(26-13-17)10-11-22-21-7-2-1-4-18(21)14-27-15-23(28)29-24(22)27/h3,5-6,8-13,18,21-22,24H,1-2,4,7,14-15H2/b11-10+/t18?,21?,22?,24-/m1/s1. The number of pyridine rings is 1. The van der Waals surface area contributed by atoms with Crippen molar-refractivity contribution in [1.29, 1.82) is 0 Å². The first-order valence-electron chi connectivity index (χ1n) is 10.5. The lowest BCUT2D eigenvalue weighted by Gasteiger charge is -2.46. The topological polar surface area (TPSA) is 42.4 Å². The van der Waals surface area contributed by atoms with Crippen molar-refractivity contribution < 1.29 is 13.9 Å². The van der Waals surface area contributed by atoms with Crippen LogP contribution in [0.2, 0.25) is 0 Å². The van der Waals surface area contributed by atoms with E-state index in [1.807, 2.05) is 24.3 Å². The Bertz CT molecular complexity index is 927. The summed E-state index contributed by atoms with van der Waals surface area (Å²) in [4.78, 5) is 18.7. The minimum Gasteiger partial charge on any atom is -0.445 e. The molecule has 3 unspecified atom stereocenters. The van der Waals surface area contributed by atoms with Gasteiger partial charge in [-0.2, -0.15) is 0 Å². The van der Waals surface area contributed by atoms with Crippen molar-refractivity contribution in [2.24, 2.45) is 17.8 Å². The van der Waals surface area contributed by atoms with Crippen LogP contribution < -0.4 is 0 Å². The van der Waals surface area contributed by atoms with Crippen LogP contribution in [-0.2, 0) is 9.53 Å². The van der Waals surface area contributed by atoms with Crippen molar-refractivity contribution in [2.45, 2.75) is 31.9 Å². The van der Waals surface area contributed by atoms with Crippen molar-refractivity contribution in [3.8, 4) is 11.1 Å². The first kappa shape index (κ1) is 18.5. The summed E-state index contributed by atoms with van der Waals surface area (Å²) >= 11 is 0. The molecule has 4 atom stereocenters. The average molecular weight is 392 g/mol. The molecule has 1 aliphatic carbocycles. The molecule has 3 heterocycles. The molecule has 1 aromatic carbocycles. The number of carbonyl (C=O) groups is 1. The van der Waals surface area contributed by atoms with Crippen LogP contribution in [0.15, 0.2) is 48.7 Å². The minimum absolute atomic E-state index is 0.107. The maximum Gasteiger partial charge on any atom is 0.321 e. The number of aromatic nitrogens is 1. The van der Waals surface area contributed by atoms with Gasteiger partial charge in [0.1, 0.15) is 5.82 Å². The zero-order valence-corrected chi connectivity index (χ0v) is 16.3. The zero-order chi connectivity index (χ0) is 19.8. The van der Waals surface area contributed by atoms with Crippen molar-refractivity contribution in [3.63, 3.8) is 0 Å². The van der Waals surface area contributed by atoms with Gasteiger partial charge in [-0.25, -0.2) is 4.39 Å². The molecule has 2 aliphatic heterocycles. The smallest absolute Gasteiger partial charge is 0.321 e. The third kappa shape index (κ3) is 3.71. The lowest BCUT2D eigenvalue weighted by Crippen LogP contribution is -2.51. The van der Waals surface area contributed by atoms with E-state index in [4.69, 9.17) is 4.74 Å². The van der Waals surface area contributed by atoms with Crippen LogP contribution in [0.4, 0.5) is 4.39 Å². The van der Waals surface area contributed by atoms with Crippen LogP contribution in [0.25, 0.3) is 17.2 Å². The predicted octanol–water partition coefficient (Wildman–Crippen LogP) is 4.52. The van der Waals surface area contributed by atoms with Gasteiger partial charge in [0, 0.05) is 24.2 Å². The van der Waals surface area contributed by atoms with Crippen LogP contribution in [0.3, 0.4) is 0 Å². The van der Waals surface area contributed by atoms with Crippen LogP contribution in [0, 0.1) is 23.6 Å². The fourth-order valence-electron chi connectivity index (χ4n) is 5.27. The highest BCUT2D eigenvalue weighted by atomic mass is 19.1. The molecule has 0 amide bonds. The third-order valence-corrected chi connectivity index (χ3v) is 6.64. The number of ether oxygens (including phenoxy) is 1. The normalized spacial score (nSPS) is 29.5. The largest absolute Gasteiger partial charge is 0.445 e. The van der Waals surface area contributed by atoms with Gasteiger partial charge in [-0.1, -0.05) is 37.1 Å². The van der Waals surface area contributed by atoms with E-state index >= 15 is 0 Å². The Labute approximate surface area is 170 Å². The Kier molecular flexibility index (Phi) is 4.92. The molecule has 3 fully saturated rings. The van der Waals surface area contributed by atoms with E-state index in [0.29, 0.717) is 18.4 Å². The summed E-state index contributed by atoms with van der Waals surface area (Å²) in [6, 6.07) is 10.5. The number of hydrogen-bond donors (Lipinski definition) is 0. The molecule has 2 saturated heterocycles. The SMILES string of the molecule is O=C1CN2CC3CCCCC3C(/C=C/c3ccc(-c4cccc(F)c4)cn3)[C@H]2O1. The van der Waals surface area contributed by atoms with E-state index in [9.17, 15) is 9.18 Å². The van der Waals surface area contributed by atoms with Crippen molar-refractivity contribution in [2.75, 3.05) is 13.1 Å². The minimum atomic E-state index is -0.249. The molecule has 1 aromatic heterocycles. The van der Waals surface area contributed by atoms with Gasteiger partial charge in [0.15, 0.2) is 6.23 Å². The number of carbonyl (C=O) groups excluding carboxylic acids is 1. The highest BCUT2D eigenvalue weighted by molar-refractivity contribution is 5.74. The average Bonchev–Trinajstić information content (AvgIpc) is 3.11. The molecule has 0 spiro atoms. The van der Waals surface area contributed by atoms with Gasteiger partial charge in [0.05, 0.1) is 12.2 Å². The maximum absolute atomic E-state index is 13.5. The summed E-state index contributed by atoms with van der Waals surface area (Å²) < 4.78 is 19.1. The number of piperidine rings is 1. The van der Waals surface area contributed by atoms with E-state index in [-0.39, 0.29) is 23.9 Å². The van der Waals surface area contributed by atoms with Gasteiger partial charge >= 0.3 is 5.97 Å². The molecule has 5 rings (SSSR count). The lowest BCUT2D eigenvalue weighted by molar-refractivity contribution is -0.147. The van der Waals surface area contributed by atoms with Gasteiger partial charge in [-0.3, -0.25) is 14.7 Å². The quantitative estimate of drug-likeness (QED) is 0.720. The molecule has 150 valence electrons. The van der Waals surface area contributed by atoms with Crippen molar-refractivity contribution >= 4 is 12.0 Å². The monoisotopic (exact) mass is 392 g/mol. The van der Waals surface area contributed by atoms with Gasteiger partial charge in [-0.05, 0) is 54.5 Å². The Morgan fingerprint density at radius 3 is 2.86 bits per heavy atom. The summed E-state index contributed by atoms with van der Waals surface area (Å²) in [6.45, 7) is 1.39. The van der Waals surface area contributed by atoms with E-state index in [1.54, 1.807) is 12.3 Å². The summed E-state index contributed by atoms with van der Waals surface area (Å²) in [5.74, 6) is 1.07. The first-order valence-corrected chi connectivity index (χ1v) is 10.5. The van der Waals surface area contributed by atoms with Crippen LogP contribution in [0.5, 0.6) is 0 Å². The molecule has 2 aromatic rings. The summed E-state index contributed by atoms with van der Waals surface area (Å²) in [5, 5.41) is 0. The maximum atomic E-state index is 13.5. The Balaban J connectivity index is 1.37. The number of esters is 1. The molecule has 3 aliphatic rings. The van der Waals surface area contributed by atoms with Crippen molar-refractivity contribution in [3.05, 3.63) is 60.2 Å². The summed E-state index contributed by atoms with van der Waals surface area (Å²) in [6.07, 6.45) is 10.9. The predicted molar refractivity (Wildman–Crippen MR) is 109 cm³/mol. The van der Waals surface area contributed by atoms with E-state index in [0.717, 1.165) is 23.4 Å². The fourth-order valence-corrected chi connectivity index (χ4v) is 5.27. The Hall–Kier alpha value is -2.53.